The van der Waals surface area contributed by atoms with E-state index in [2.05, 4.69) is 67.2 Å². The monoisotopic (exact) mass is 376 g/mol. The predicted molar refractivity (Wildman–Crippen MR) is 112 cm³/mol. The third kappa shape index (κ3) is 2.87. The molecule has 0 atom stereocenters. The van der Waals surface area contributed by atoms with Crippen LogP contribution in [0.5, 0.6) is 0 Å². The normalized spacial score (nSPS) is 14.3. The summed E-state index contributed by atoms with van der Waals surface area (Å²) in [5.74, 6) is 0. The Hall–Kier alpha value is -2.70. The Kier molecular flexibility index (Phi) is 3.92. The fraction of sp³-hybridized carbons (Fsp3) is 0. The van der Waals surface area contributed by atoms with Gasteiger partial charge in [0.05, 0.1) is 34.2 Å². The molecule has 128 valence electrons. The summed E-state index contributed by atoms with van der Waals surface area (Å²) >= 11 is 3.49. The Morgan fingerprint density at radius 2 is 1.04 bits per heavy atom. The van der Waals surface area contributed by atoms with Crippen molar-refractivity contribution in [2.75, 3.05) is 0 Å². The zero-order chi connectivity index (χ0) is 17.3. The fourth-order valence-corrected chi connectivity index (χ4v) is 4.93. The van der Waals surface area contributed by atoms with Crippen molar-refractivity contribution in [3.8, 4) is 22.8 Å². The Balaban J connectivity index is 1.37. The highest BCUT2D eigenvalue weighted by Gasteiger charge is 2.16. The van der Waals surface area contributed by atoms with Gasteiger partial charge < -0.3 is 19.9 Å². The van der Waals surface area contributed by atoms with Crippen molar-refractivity contribution in [3.63, 3.8) is 0 Å². The third-order valence-corrected chi connectivity index (χ3v) is 6.41. The molecule has 4 aromatic rings. The molecular formula is C20H16N4S2. The van der Waals surface area contributed by atoms with Crippen LogP contribution in [-0.4, -0.2) is 19.9 Å². The van der Waals surface area contributed by atoms with Gasteiger partial charge in [0.15, 0.2) is 0 Å². The van der Waals surface area contributed by atoms with Crippen molar-refractivity contribution in [3.05, 3.63) is 83.1 Å². The van der Waals surface area contributed by atoms with Crippen molar-refractivity contribution in [2.24, 2.45) is 0 Å². The van der Waals surface area contributed by atoms with Crippen LogP contribution in [-0.2, 0) is 0 Å². The molecule has 4 N–H and O–H groups in total. The van der Waals surface area contributed by atoms with Crippen LogP contribution in [0.3, 0.4) is 0 Å². The van der Waals surface area contributed by atoms with E-state index in [0.717, 1.165) is 34.2 Å². The Morgan fingerprint density at radius 3 is 1.50 bits per heavy atom. The van der Waals surface area contributed by atoms with Crippen molar-refractivity contribution >= 4 is 33.3 Å². The van der Waals surface area contributed by atoms with Gasteiger partial charge in [-0.15, -0.1) is 11.8 Å². The molecule has 5 heterocycles. The first-order valence-electron chi connectivity index (χ1n) is 8.27. The summed E-state index contributed by atoms with van der Waals surface area (Å²) in [7, 11) is 0. The van der Waals surface area contributed by atoms with Crippen LogP contribution >= 0.6 is 23.5 Å². The molecule has 0 saturated heterocycles. The fourth-order valence-electron chi connectivity index (χ4n) is 2.95. The summed E-state index contributed by atoms with van der Waals surface area (Å²) in [5, 5.41) is 4.38. The number of H-pyrrole nitrogens is 4. The number of hydrogen-bond acceptors (Lipinski definition) is 2. The van der Waals surface area contributed by atoms with E-state index in [1.165, 1.54) is 9.81 Å². The van der Waals surface area contributed by atoms with Crippen molar-refractivity contribution in [1.82, 2.24) is 19.9 Å². The maximum atomic E-state index is 3.51. The molecule has 26 heavy (non-hydrogen) atoms. The summed E-state index contributed by atoms with van der Waals surface area (Å²) < 4.78 is 0. The van der Waals surface area contributed by atoms with E-state index in [1.54, 1.807) is 23.5 Å². The molecule has 0 fully saturated rings. The van der Waals surface area contributed by atoms with E-state index >= 15 is 0 Å². The van der Waals surface area contributed by atoms with E-state index in [4.69, 9.17) is 0 Å². The SMILES string of the molecule is C1=C(c2ccc(-c3ccc[nH]3)[nH]2)SC(c2ccc(-c3ccc[nH]3)[nH]2)=CS1. The van der Waals surface area contributed by atoms with Crippen LogP contribution in [0.1, 0.15) is 11.4 Å². The standard InChI is InChI=1S/C20H16N4S2/c1-3-13(21-9-1)15-5-7-17(23-15)19-11-25-12-20(26-19)18-8-6-16(24-18)14-4-2-10-22-14/h1-12,21-24H. The van der Waals surface area contributed by atoms with Gasteiger partial charge in [-0.3, -0.25) is 0 Å². The highest BCUT2D eigenvalue weighted by atomic mass is 32.2. The quantitative estimate of drug-likeness (QED) is 0.347. The molecular weight excluding hydrogens is 360 g/mol. The van der Waals surface area contributed by atoms with Crippen molar-refractivity contribution in [1.29, 1.82) is 0 Å². The van der Waals surface area contributed by atoms with Crippen molar-refractivity contribution in [2.45, 2.75) is 0 Å². The van der Waals surface area contributed by atoms with Gasteiger partial charge in [0, 0.05) is 22.2 Å². The highest BCUT2D eigenvalue weighted by Crippen LogP contribution is 2.45. The first-order chi connectivity index (χ1) is 12.9. The van der Waals surface area contributed by atoms with Crippen LogP contribution in [0.15, 0.2) is 71.7 Å². The van der Waals surface area contributed by atoms with Gasteiger partial charge >= 0.3 is 0 Å². The molecule has 0 aromatic carbocycles. The molecule has 0 radical (unpaired) electrons. The van der Waals surface area contributed by atoms with E-state index in [0.29, 0.717) is 0 Å². The maximum absolute atomic E-state index is 3.51. The molecule has 4 aromatic heterocycles. The molecule has 0 unspecified atom stereocenters. The van der Waals surface area contributed by atoms with E-state index in [9.17, 15) is 0 Å². The lowest BCUT2D eigenvalue weighted by molar-refractivity contribution is 1.31. The summed E-state index contributed by atoms with van der Waals surface area (Å²) in [6.07, 6.45) is 3.88. The minimum absolute atomic E-state index is 1.10. The molecule has 1 aliphatic rings. The topological polar surface area (TPSA) is 63.2 Å². The number of aromatic amines is 4. The average Bonchev–Trinajstić information content (AvgIpc) is 3.49. The lowest BCUT2D eigenvalue weighted by Gasteiger charge is -2.12. The van der Waals surface area contributed by atoms with Crippen LogP contribution in [0, 0.1) is 0 Å². The second-order valence-corrected chi connectivity index (χ2v) is 7.77. The van der Waals surface area contributed by atoms with Crippen LogP contribution < -0.4 is 0 Å². The number of nitrogens with one attached hydrogen (secondary N) is 4. The van der Waals surface area contributed by atoms with E-state index in [-0.39, 0.29) is 0 Å². The average molecular weight is 377 g/mol. The largest absolute Gasteiger partial charge is 0.360 e. The van der Waals surface area contributed by atoms with E-state index in [1.807, 2.05) is 24.5 Å². The molecule has 4 nitrogen and oxygen atoms in total. The molecule has 0 saturated carbocycles. The second-order valence-electron chi connectivity index (χ2n) is 5.94. The van der Waals surface area contributed by atoms with Crippen molar-refractivity contribution < 1.29 is 0 Å². The van der Waals surface area contributed by atoms with Crippen LogP contribution in [0.2, 0.25) is 0 Å². The van der Waals surface area contributed by atoms with Gasteiger partial charge in [0.2, 0.25) is 0 Å². The Bertz CT molecular complexity index is 992. The van der Waals surface area contributed by atoms with E-state index < -0.39 is 0 Å². The third-order valence-electron chi connectivity index (χ3n) is 4.25. The smallest absolute Gasteiger partial charge is 0.0624 e. The highest BCUT2D eigenvalue weighted by molar-refractivity contribution is 8.20. The predicted octanol–water partition coefficient (Wildman–Crippen LogP) is 6.11. The molecule has 0 amide bonds. The molecule has 0 bridgehead atoms. The van der Waals surface area contributed by atoms with Crippen LogP contribution in [0.25, 0.3) is 32.6 Å². The van der Waals surface area contributed by atoms with Gasteiger partial charge in [-0.25, -0.2) is 0 Å². The summed E-state index contributed by atoms with van der Waals surface area (Å²) in [6, 6.07) is 16.7. The van der Waals surface area contributed by atoms with Gasteiger partial charge in [0.1, 0.15) is 0 Å². The summed E-state index contributed by atoms with van der Waals surface area (Å²) in [6.45, 7) is 0. The van der Waals surface area contributed by atoms with Crippen LogP contribution in [0.4, 0.5) is 0 Å². The molecule has 1 aliphatic heterocycles. The lowest BCUT2D eigenvalue weighted by atomic mass is 10.3. The first kappa shape index (κ1) is 15.5. The first-order valence-corrected chi connectivity index (χ1v) is 10.0. The number of aromatic nitrogens is 4. The number of hydrogen-bond donors (Lipinski definition) is 4. The van der Waals surface area contributed by atoms with Gasteiger partial charge in [-0.1, -0.05) is 11.8 Å². The number of rotatable bonds is 4. The molecule has 5 rings (SSSR count). The zero-order valence-electron chi connectivity index (χ0n) is 13.7. The summed E-state index contributed by atoms with van der Waals surface area (Å²) in [4.78, 5) is 15.9. The Labute approximate surface area is 159 Å². The number of thioether (sulfide) groups is 2. The summed E-state index contributed by atoms with van der Waals surface area (Å²) in [5.41, 5.74) is 6.66. The van der Waals surface area contributed by atoms with Gasteiger partial charge in [-0.2, -0.15) is 0 Å². The lowest BCUT2D eigenvalue weighted by Crippen LogP contribution is -1.88. The van der Waals surface area contributed by atoms with Gasteiger partial charge in [0.25, 0.3) is 0 Å². The second kappa shape index (κ2) is 6.55. The minimum atomic E-state index is 1.10. The molecule has 6 heteroatoms. The minimum Gasteiger partial charge on any atom is -0.360 e. The van der Waals surface area contributed by atoms with Gasteiger partial charge in [-0.05, 0) is 59.3 Å². The zero-order valence-corrected chi connectivity index (χ0v) is 15.4. The molecule has 0 aliphatic carbocycles. The Morgan fingerprint density at radius 1 is 0.538 bits per heavy atom. The molecule has 0 spiro atoms. The maximum Gasteiger partial charge on any atom is 0.0624 e.